The highest BCUT2D eigenvalue weighted by Gasteiger charge is 2.36. The maximum atomic E-state index is 12.8. The average Bonchev–Trinajstić information content (AvgIpc) is 2.62. The summed E-state index contributed by atoms with van der Waals surface area (Å²) in [5.41, 5.74) is 8.39. The molecule has 1 amide bonds. The first-order valence-electron chi connectivity index (χ1n) is 8.25. The van der Waals surface area contributed by atoms with E-state index in [0.717, 1.165) is 31.5 Å². The second kappa shape index (κ2) is 6.55. The number of rotatable bonds is 3. The molecule has 0 aliphatic carbocycles. The first-order valence-corrected chi connectivity index (χ1v) is 8.25. The normalized spacial score (nSPS) is 22.6. The maximum absolute atomic E-state index is 12.8. The van der Waals surface area contributed by atoms with E-state index in [4.69, 9.17) is 5.73 Å². The van der Waals surface area contributed by atoms with E-state index in [-0.39, 0.29) is 11.3 Å². The Labute approximate surface area is 138 Å². The lowest BCUT2D eigenvalue weighted by molar-refractivity contribution is -0.134. The van der Waals surface area contributed by atoms with Crippen molar-refractivity contribution < 1.29 is 4.79 Å². The molecule has 2 atom stereocenters. The second-order valence-electron chi connectivity index (χ2n) is 6.68. The molecule has 2 aromatic rings. The van der Waals surface area contributed by atoms with E-state index in [1.807, 2.05) is 41.3 Å². The van der Waals surface area contributed by atoms with Crippen LogP contribution < -0.4 is 5.73 Å². The van der Waals surface area contributed by atoms with Crippen molar-refractivity contribution in [3.05, 3.63) is 71.8 Å². The summed E-state index contributed by atoms with van der Waals surface area (Å²) in [5, 5.41) is 0. The summed E-state index contributed by atoms with van der Waals surface area (Å²) >= 11 is 0. The van der Waals surface area contributed by atoms with Crippen molar-refractivity contribution in [2.24, 2.45) is 5.73 Å². The van der Waals surface area contributed by atoms with Crippen LogP contribution in [0.2, 0.25) is 0 Å². The lowest BCUT2D eigenvalue weighted by atomic mass is 9.76. The van der Waals surface area contributed by atoms with Crippen LogP contribution in [-0.2, 0) is 10.2 Å². The van der Waals surface area contributed by atoms with E-state index in [1.54, 1.807) is 0 Å². The summed E-state index contributed by atoms with van der Waals surface area (Å²) in [6.45, 7) is 3.77. The Morgan fingerprint density at radius 1 is 1.09 bits per heavy atom. The molecular formula is C20H24N2O. The number of nitrogens with two attached hydrogens (primary N) is 1. The lowest BCUT2D eigenvalue weighted by Crippen LogP contribution is -2.49. The number of carbonyl (C=O) groups excluding carboxylic acids is 1. The summed E-state index contributed by atoms with van der Waals surface area (Å²) < 4.78 is 0. The number of carbonyl (C=O) groups is 1. The van der Waals surface area contributed by atoms with Crippen LogP contribution >= 0.6 is 0 Å². The molecule has 0 spiro atoms. The van der Waals surface area contributed by atoms with Crippen LogP contribution in [0.1, 0.15) is 36.9 Å². The van der Waals surface area contributed by atoms with Crippen molar-refractivity contribution in [3.63, 3.8) is 0 Å². The van der Waals surface area contributed by atoms with Crippen molar-refractivity contribution >= 4 is 5.91 Å². The van der Waals surface area contributed by atoms with E-state index in [9.17, 15) is 4.79 Å². The van der Waals surface area contributed by atoms with E-state index in [1.165, 1.54) is 5.56 Å². The first-order chi connectivity index (χ1) is 11.1. The highest BCUT2D eigenvalue weighted by atomic mass is 16.2. The maximum Gasteiger partial charge on any atom is 0.244 e. The lowest BCUT2D eigenvalue weighted by Gasteiger charge is -2.41. The van der Waals surface area contributed by atoms with Crippen molar-refractivity contribution in [1.29, 1.82) is 0 Å². The van der Waals surface area contributed by atoms with E-state index in [0.29, 0.717) is 0 Å². The monoisotopic (exact) mass is 308 g/mol. The van der Waals surface area contributed by atoms with Gasteiger partial charge in [-0.1, -0.05) is 67.6 Å². The molecule has 1 saturated heterocycles. The largest absolute Gasteiger partial charge is 0.340 e. The van der Waals surface area contributed by atoms with Crippen LogP contribution in [0.5, 0.6) is 0 Å². The van der Waals surface area contributed by atoms with Crippen LogP contribution in [0.25, 0.3) is 0 Å². The zero-order valence-electron chi connectivity index (χ0n) is 13.6. The van der Waals surface area contributed by atoms with Gasteiger partial charge in [0.15, 0.2) is 0 Å². The van der Waals surface area contributed by atoms with Crippen molar-refractivity contribution in [3.8, 4) is 0 Å². The van der Waals surface area contributed by atoms with Gasteiger partial charge in [0.25, 0.3) is 0 Å². The molecule has 0 bridgehead atoms. The Hall–Kier alpha value is -2.13. The smallest absolute Gasteiger partial charge is 0.244 e. The number of hydrogen-bond acceptors (Lipinski definition) is 2. The number of nitrogens with zero attached hydrogens (tertiary/aromatic N) is 1. The second-order valence-corrected chi connectivity index (χ2v) is 6.68. The van der Waals surface area contributed by atoms with Gasteiger partial charge in [0, 0.05) is 18.5 Å². The summed E-state index contributed by atoms with van der Waals surface area (Å²) in [6.07, 6.45) is 2.11. The van der Waals surface area contributed by atoms with Gasteiger partial charge in [-0.15, -0.1) is 0 Å². The summed E-state index contributed by atoms with van der Waals surface area (Å²) in [6, 6.07) is 19.5. The Bertz CT molecular complexity index is 656. The predicted octanol–water partition coefficient (Wildman–Crippen LogP) is 3.27. The summed E-state index contributed by atoms with van der Waals surface area (Å²) in [7, 11) is 0. The third-order valence-electron chi connectivity index (χ3n) is 4.90. The Morgan fingerprint density at radius 2 is 1.70 bits per heavy atom. The zero-order chi connectivity index (χ0) is 16.3. The molecule has 2 unspecified atom stereocenters. The summed E-state index contributed by atoms with van der Waals surface area (Å²) in [5.74, 6) is 0.0260. The SMILES string of the molecule is CC1(c2ccccc2)CCCN(C(=O)C(N)c2ccccc2)C1. The minimum absolute atomic E-state index is 0.00553. The average molecular weight is 308 g/mol. The quantitative estimate of drug-likeness (QED) is 0.946. The molecule has 3 heteroatoms. The molecule has 1 fully saturated rings. The number of piperidine rings is 1. The fourth-order valence-corrected chi connectivity index (χ4v) is 3.50. The topological polar surface area (TPSA) is 46.3 Å². The number of benzene rings is 2. The highest BCUT2D eigenvalue weighted by molar-refractivity contribution is 5.83. The van der Waals surface area contributed by atoms with E-state index >= 15 is 0 Å². The highest BCUT2D eigenvalue weighted by Crippen LogP contribution is 2.34. The molecule has 0 aromatic heterocycles. The molecule has 3 rings (SSSR count). The number of amides is 1. The van der Waals surface area contributed by atoms with Gasteiger partial charge in [-0.3, -0.25) is 4.79 Å². The molecular weight excluding hydrogens is 284 g/mol. The Balaban J connectivity index is 1.77. The van der Waals surface area contributed by atoms with Gasteiger partial charge in [-0.2, -0.15) is 0 Å². The summed E-state index contributed by atoms with van der Waals surface area (Å²) in [4.78, 5) is 14.8. The molecule has 1 aliphatic rings. The molecule has 2 N–H and O–H groups in total. The molecule has 23 heavy (non-hydrogen) atoms. The fourth-order valence-electron chi connectivity index (χ4n) is 3.50. The minimum Gasteiger partial charge on any atom is -0.340 e. The zero-order valence-corrected chi connectivity index (χ0v) is 13.6. The van der Waals surface area contributed by atoms with Crippen molar-refractivity contribution in [2.45, 2.75) is 31.2 Å². The van der Waals surface area contributed by atoms with Gasteiger partial charge < -0.3 is 10.6 Å². The Kier molecular flexibility index (Phi) is 4.49. The van der Waals surface area contributed by atoms with Crippen molar-refractivity contribution in [1.82, 2.24) is 4.90 Å². The van der Waals surface area contributed by atoms with Crippen LogP contribution in [0.15, 0.2) is 60.7 Å². The predicted molar refractivity (Wildman–Crippen MR) is 93.0 cm³/mol. The third-order valence-corrected chi connectivity index (χ3v) is 4.90. The number of hydrogen-bond donors (Lipinski definition) is 1. The first kappa shape index (κ1) is 15.8. The van der Waals surface area contributed by atoms with Crippen LogP contribution in [0, 0.1) is 0 Å². The van der Waals surface area contributed by atoms with Gasteiger partial charge in [-0.05, 0) is 24.0 Å². The van der Waals surface area contributed by atoms with Gasteiger partial charge in [-0.25, -0.2) is 0 Å². The minimum atomic E-state index is -0.575. The van der Waals surface area contributed by atoms with E-state index < -0.39 is 6.04 Å². The molecule has 0 saturated carbocycles. The molecule has 120 valence electrons. The van der Waals surface area contributed by atoms with Gasteiger partial charge in [0.2, 0.25) is 5.91 Å². The molecule has 3 nitrogen and oxygen atoms in total. The molecule has 1 aliphatic heterocycles. The van der Waals surface area contributed by atoms with Gasteiger partial charge in [0.05, 0.1) is 0 Å². The van der Waals surface area contributed by atoms with Crippen LogP contribution in [0.4, 0.5) is 0 Å². The van der Waals surface area contributed by atoms with Crippen LogP contribution in [-0.4, -0.2) is 23.9 Å². The number of likely N-dealkylation sites (tertiary alicyclic amines) is 1. The van der Waals surface area contributed by atoms with Gasteiger partial charge in [0.1, 0.15) is 6.04 Å². The van der Waals surface area contributed by atoms with Crippen LogP contribution in [0.3, 0.4) is 0 Å². The third kappa shape index (κ3) is 3.30. The van der Waals surface area contributed by atoms with Crippen molar-refractivity contribution in [2.75, 3.05) is 13.1 Å². The van der Waals surface area contributed by atoms with Gasteiger partial charge >= 0.3 is 0 Å². The molecule has 1 heterocycles. The standard InChI is InChI=1S/C20H24N2O/c1-20(17-11-6-3-7-12-17)13-8-14-22(15-20)19(23)18(21)16-9-4-2-5-10-16/h2-7,9-12,18H,8,13-15,21H2,1H3. The van der Waals surface area contributed by atoms with E-state index in [2.05, 4.69) is 31.2 Å². The molecule has 2 aromatic carbocycles. The molecule has 0 radical (unpaired) electrons. The fraction of sp³-hybridized carbons (Fsp3) is 0.350. The Morgan fingerprint density at radius 3 is 2.35 bits per heavy atom.